The van der Waals surface area contributed by atoms with Crippen LogP contribution >= 0.6 is 0 Å². The Morgan fingerprint density at radius 3 is 0.543 bits per heavy atom. The molecule has 0 aliphatic rings. The first-order chi connectivity index (χ1) is 15.3. The maximum absolute atomic E-state index is 9.16. The van der Waals surface area contributed by atoms with Crippen LogP contribution < -0.4 is 0 Å². The zero-order chi connectivity index (χ0) is 29.6. The third kappa shape index (κ3) is 86.4. The standard InChI is InChI=1S/3C6H16Si.C5H14OSi.C4H12O2Si/c3*1-5-6-7(2,3)4;1-4-5-7(2,3)6;1-3-4-7(2,5)6/h3*5-6H2,1-4H3;6H,4-5H2,1-3H3;5-6H,3-4H2,1-2H3. The van der Waals surface area contributed by atoms with Crippen LogP contribution in [0.3, 0.4) is 0 Å². The van der Waals surface area contributed by atoms with Crippen molar-refractivity contribution in [3.05, 3.63) is 0 Å². The van der Waals surface area contributed by atoms with Gasteiger partial charge in [-0.3, -0.25) is 0 Å². The first-order valence-electron chi connectivity index (χ1n) is 14.5. The van der Waals surface area contributed by atoms with Gasteiger partial charge in [0.2, 0.25) is 0 Å². The molecule has 0 aromatic carbocycles. The van der Waals surface area contributed by atoms with Crippen LogP contribution in [-0.2, 0) is 0 Å². The molecule has 0 fully saturated rings. The highest BCUT2D eigenvalue weighted by Gasteiger charge is 2.18. The van der Waals surface area contributed by atoms with Crippen molar-refractivity contribution in [3.8, 4) is 0 Å². The van der Waals surface area contributed by atoms with Gasteiger partial charge in [0.15, 0.2) is 8.32 Å². The predicted molar refractivity (Wildman–Crippen MR) is 181 cm³/mol. The number of rotatable bonds is 10. The van der Waals surface area contributed by atoms with Crippen molar-refractivity contribution in [3.63, 3.8) is 0 Å². The fourth-order valence-corrected chi connectivity index (χ4v) is 10.0. The fraction of sp³-hybridized carbons (Fsp3) is 1.00. The Labute approximate surface area is 230 Å². The maximum atomic E-state index is 9.16. The van der Waals surface area contributed by atoms with E-state index in [1.165, 1.54) is 43.9 Å². The van der Waals surface area contributed by atoms with Crippen LogP contribution in [0, 0.1) is 0 Å². The summed E-state index contributed by atoms with van der Waals surface area (Å²) in [5, 5.41) is 0. The SMILES string of the molecule is CCC[Si](C)(C)C.CCC[Si](C)(C)C.CCC[Si](C)(C)C.CCC[Si](C)(C)O.CCC[Si](C)(O)O. The summed E-state index contributed by atoms with van der Waals surface area (Å²) >= 11 is 0. The third-order valence-electron chi connectivity index (χ3n) is 4.59. The molecular weight excluding hydrogens is 513 g/mol. The first-order valence-corrected chi connectivity index (χ1v) is 31.4. The summed E-state index contributed by atoms with van der Waals surface area (Å²) < 4.78 is 0. The van der Waals surface area contributed by atoms with E-state index in [0.29, 0.717) is 6.04 Å². The largest absolute Gasteiger partial charge is 0.432 e. The van der Waals surface area contributed by atoms with E-state index in [0.717, 1.165) is 18.9 Å². The minimum absolute atomic E-state index is 0.590. The van der Waals surface area contributed by atoms with Gasteiger partial charge >= 0.3 is 8.56 Å². The lowest BCUT2D eigenvalue weighted by Crippen LogP contribution is -2.28. The molecule has 220 valence electrons. The zero-order valence-corrected chi connectivity index (χ0v) is 32.9. The summed E-state index contributed by atoms with van der Waals surface area (Å²) in [6.45, 7) is 38.0. The first kappa shape index (κ1) is 45.9. The van der Waals surface area contributed by atoms with E-state index in [-0.39, 0.29) is 0 Å². The summed E-state index contributed by atoms with van der Waals surface area (Å²) in [6, 6.07) is 6.06. The van der Waals surface area contributed by atoms with Crippen LogP contribution in [0.25, 0.3) is 0 Å². The Morgan fingerprint density at radius 2 is 0.543 bits per heavy atom. The monoisotopic (exact) mass is 586 g/mol. The van der Waals surface area contributed by atoms with Crippen molar-refractivity contribution >= 4 is 41.1 Å². The molecule has 35 heavy (non-hydrogen) atoms. The molecule has 0 heterocycles. The van der Waals surface area contributed by atoms with Crippen LogP contribution in [0.4, 0.5) is 0 Å². The van der Waals surface area contributed by atoms with Crippen LogP contribution in [0.1, 0.15) is 66.7 Å². The van der Waals surface area contributed by atoms with Crippen molar-refractivity contribution < 1.29 is 14.4 Å². The topological polar surface area (TPSA) is 60.7 Å². The molecular formula is C27H74O3Si5. The summed E-state index contributed by atoms with van der Waals surface area (Å²) in [6.07, 6.45) is 6.10. The van der Waals surface area contributed by atoms with Crippen LogP contribution in [0.15, 0.2) is 0 Å². The van der Waals surface area contributed by atoms with Gasteiger partial charge < -0.3 is 14.4 Å². The lowest BCUT2D eigenvalue weighted by Gasteiger charge is -2.12. The minimum atomic E-state index is -2.66. The summed E-state index contributed by atoms with van der Waals surface area (Å²) in [5.74, 6) is 0. The van der Waals surface area contributed by atoms with Gasteiger partial charge in [0.1, 0.15) is 0 Å². The average Bonchev–Trinajstić information content (AvgIpc) is 2.51. The van der Waals surface area contributed by atoms with Gasteiger partial charge in [-0.2, -0.15) is 0 Å². The molecule has 0 unspecified atom stereocenters. The van der Waals surface area contributed by atoms with Crippen LogP contribution in [0.2, 0.25) is 109 Å². The molecule has 0 radical (unpaired) electrons. The second-order valence-corrected chi connectivity index (χ2v) is 38.4. The molecule has 3 nitrogen and oxygen atoms in total. The second kappa shape index (κ2) is 24.0. The Bertz CT molecular complexity index is 320. The fourth-order valence-electron chi connectivity index (χ4n) is 3.34. The van der Waals surface area contributed by atoms with E-state index in [2.05, 4.69) is 86.6 Å². The van der Waals surface area contributed by atoms with E-state index in [1.54, 1.807) is 0 Å². The summed E-state index contributed by atoms with van der Waals surface area (Å²) in [5.41, 5.74) is 0. The maximum Gasteiger partial charge on any atom is 0.329 e. The molecule has 0 atom stereocenters. The van der Waals surface area contributed by atoms with Gasteiger partial charge in [0, 0.05) is 24.2 Å². The van der Waals surface area contributed by atoms with E-state index < -0.39 is 41.1 Å². The number of hydrogen-bond acceptors (Lipinski definition) is 3. The Hall–Kier alpha value is 0.964. The normalized spacial score (nSPS) is 12.0. The minimum Gasteiger partial charge on any atom is -0.432 e. The Balaban J connectivity index is -0.000000107. The van der Waals surface area contributed by atoms with Gasteiger partial charge in [-0.25, -0.2) is 0 Å². The molecule has 0 saturated carbocycles. The highest BCUT2D eigenvalue weighted by molar-refractivity contribution is 6.76. The van der Waals surface area contributed by atoms with Gasteiger partial charge in [0.25, 0.3) is 0 Å². The average molecular weight is 587 g/mol. The van der Waals surface area contributed by atoms with Crippen molar-refractivity contribution in [1.29, 1.82) is 0 Å². The van der Waals surface area contributed by atoms with E-state index in [9.17, 15) is 0 Å². The van der Waals surface area contributed by atoms with Gasteiger partial charge in [0.05, 0.1) is 0 Å². The molecule has 8 heteroatoms. The van der Waals surface area contributed by atoms with Gasteiger partial charge in [-0.1, -0.05) is 144 Å². The van der Waals surface area contributed by atoms with Crippen molar-refractivity contribution in [2.24, 2.45) is 0 Å². The smallest absolute Gasteiger partial charge is 0.329 e. The predicted octanol–water partition coefficient (Wildman–Crippen LogP) is 10.3. The quantitative estimate of drug-likeness (QED) is 0.223. The molecule has 0 bridgehead atoms. The molecule has 0 aliphatic heterocycles. The molecule has 0 aliphatic carbocycles. The molecule has 0 aromatic rings. The molecule has 0 amide bonds. The third-order valence-corrected chi connectivity index (χ3v) is 13.8. The highest BCUT2D eigenvalue weighted by atomic mass is 28.4. The van der Waals surface area contributed by atoms with E-state index >= 15 is 0 Å². The van der Waals surface area contributed by atoms with Gasteiger partial charge in [-0.05, 0) is 31.7 Å². The van der Waals surface area contributed by atoms with Crippen LogP contribution in [-0.4, -0.2) is 55.5 Å². The Morgan fingerprint density at radius 1 is 0.343 bits per heavy atom. The molecule has 0 spiro atoms. The lowest BCUT2D eigenvalue weighted by molar-refractivity contribution is 0.369. The van der Waals surface area contributed by atoms with Crippen molar-refractivity contribution in [2.75, 3.05) is 0 Å². The van der Waals surface area contributed by atoms with Gasteiger partial charge in [-0.15, -0.1) is 0 Å². The van der Waals surface area contributed by atoms with E-state index in [4.69, 9.17) is 14.4 Å². The van der Waals surface area contributed by atoms with Crippen LogP contribution in [0.5, 0.6) is 0 Å². The van der Waals surface area contributed by atoms with E-state index in [1.807, 2.05) is 20.0 Å². The molecule has 0 rings (SSSR count). The summed E-state index contributed by atoms with van der Waals surface area (Å²) in [7, 11) is -6.29. The van der Waals surface area contributed by atoms with Crippen molar-refractivity contribution in [2.45, 2.75) is 176 Å². The highest BCUT2D eigenvalue weighted by Crippen LogP contribution is 2.10. The Kier molecular flexibility index (Phi) is 31.5. The lowest BCUT2D eigenvalue weighted by atomic mass is 10.6. The summed E-state index contributed by atoms with van der Waals surface area (Å²) in [4.78, 5) is 26.6. The molecule has 0 saturated heterocycles. The molecule has 0 aromatic heterocycles. The zero-order valence-electron chi connectivity index (χ0n) is 27.9. The second-order valence-electron chi connectivity index (χ2n) is 14.5. The van der Waals surface area contributed by atoms with Crippen molar-refractivity contribution in [1.82, 2.24) is 0 Å². The number of hydrogen-bond donors (Lipinski definition) is 3. The molecule has 3 N–H and O–H groups in total.